The lowest BCUT2D eigenvalue weighted by Gasteiger charge is -2.07. The van der Waals surface area contributed by atoms with Gasteiger partial charge < -0.3 is 10.8 Å². The van der Waals surface area contributed by atoms with Crippen molar-refractivity contribution in [2.75, 3.05) is 5.73 Å². The lowest BCUT2D eigenvalue weighted by molar-refractivity contribution is 0.0690. The van der Waals surface area contributed by atoms with Crippen LogP contribution >= 0.6 is 23.4 Å². The first-order valence-corrected chi connectivity index (χ1v) is 6.80. The minimum Gasteiger partial charge on any atom is -0.477 e. The van der Waals surface area contributed by atoms with Crippen molar-refractivity contribution in [3.05, 3.63) is 52.8 Å². The van der Waals surface area contributed by atoms with Crippen molar-refractivity contribution in [1.82, 2.24) is 4.98 Å². The summed E-state index contributed by atoms with van der Waals surface area (Å²) in [5.41, 5.74) is 7.15. The Morgan fingerprint density at radius 2 is 2.05 bits per heavy atom. The maximum atomic E-state index is 10.8. The number of nitrogens with zero attached hydrogens (tertiary/aromatic N) is 1. The summed E-state index contributed by atoms with van der Waals surface area (Å²) in [5.74, 6) is -0.529. The van der Waals surface area contributed by atoms with E-state index in [-0.39, 0.29) is 5.69 Å². The van der Waals surface area contributed by atoms with Crippen molar-refractivity contribution in [3.63, 3.8) is 0 Å². The van der Waals surface area contributed by atoms with Crippen LogP contribution in [0, 0.1) is 0 Å². The number of carboxylic acid groups (broad SMARTS) is 1. The van der Waals surface area contributed by atoms with Crippen molar-refractivity contribution in [2.24, 2.45) is 0 Å². The van der Waals surface area contributed by atoms with E-state index in [1.54, 1.807) is 30.3 Å². The van der Waals surface area contributed by atoms with E-state index < -0.39 is 5.97 Å². The van der Waals surface area contributed by atoms with Gasteiger partial charge in [-0.15, -0.1) is 11.8 Å². The number of benzene rings is 1. The molecule has 0 amide bonds. The van der Waals surface area contributed by atoms with Crippen LogP contribution in [0.3, 0.4) is 0 Å². The molecule has 0 unspecified atom stereocenters. The van der Waals surface area contributed by atoms with Crippen molar-refractivity contribution >= 4 is 35.0 Å². The molecule has 4 nitrogen and oxygen atoms in total. The van der Waals surface area contributed by atoms with E-state index >= 15 is 0 Å². The smallest absolute Gasteiger partial charge is 0.354 e. The quantitative estimate of drug-likeness (QED) is 0.668. The molecule has 0 saturated heterocycles. The molecule has 0 saturated carbocycles. The lowest BCUT2D eigenvalue weighted by atomic mass is 10.3. The zero-order chi connectivity index (χ0) is 13.8. The molecule has 19 heavy (non-hydrogen) atoms. The summed E-state index contributed by atoms with van der Waals surface area (Å²) in [5, 5.41) is 9.46. The standard InChI is InChI=1S/C13H11ClN2O2S/c14-9-4-2-5-10(15)12(9)19-7-8-3-1-6-11(16-8)13(17)18/h1-6H,7,15H2,(H,17,18). The van der Waals surface area contributed by atoms with Crippen molar-refractivity contribution in [2.45, 2.75) is 10.6 Å². The summed E-state index contributed by atoms with van der Waals surface area (Å²) in [7, 11) is 0. The third-order valence-electron chi connectivity index (χ3n) is 2.39. The number of carbonyl (C=O) groups is 1. The highest BCUT2D eigenvalue weighted by Crippen LogP contribution is 2.34. The fourth-order valence-corrected chi connectivity index (χ4v) is 2.74. The topological polar surface area (TPSA) is 76.2 Å². The number of carboxylic acids is 1. The summed E-state index contributed by atoms with van der Waals surface area (Å²) < 4.78 is 0. The molecule has 0 aliphatic rings. The highest BCUT2D eigenvalue weighted by Gasteiger charge is 2.08. The molecule has 1 aromatic carbocycles. The van der Waals surface area contributed by atoms with Crippen LogP contribution in [-0.2, 0) is 5.75 Å². The van der Waals surface area contributed by atoms with E-state index in [0.29, 0.717) is 22.2 Å². The summed E-state index contributed by atoms with van der Waals surface area (Å²) >= 11 is 7.50. The lowest BCUT2D eigenvalue weighted by Crippen LogP contribution is -2.01. The van der Waals surface area contributed by atoms with Crippen LogP contribution in [0.1, 0.15) is 16.2 Å². The van der Waals surface area contributed by atoms with Crippen molar-refractivity contribution in [3.8, 4) is 0 Å². The highest BCUT2D eigenvalue weighted by atomic mass is 35.5. The fraction of sp³-hybridized carbons (Fsp3) is 0.0769. The fourth-order valence-electron chi connectivity index (χ4n) is 1.50. The van der Waals surface area contributed by atoms with Crippen LogP contribution in [0.25, 0.3) is 0 Å². The number of hydrogen-bond acceptors (Lipinski definition) is 4. The van der Waals surface area contributed by atoms with E-state index in [1.807, 2.05) is 0 Å². The molecule has 1 aromatic heterocycles. The summed E-state index contributed by atoms with van der Waals surface area (Å²) in [6.07, 6.45) is 0. The summed E-state index contributed by atoms with van der Waals surface area (Å²) in [6.45, 7) is 0. The number of aromatic nitrogens is 1. The monoisotopic (exact) mass is 294 g/mol. The van der Waals surface area contributed by atoms with Gasteiger partial charge in [-0.05, 0) is 24.3 Å². The van der Waals surface area contributed by atoms with Crippen LogP contribution in [0.15, 0.2) is 41.3 Å². The van der Waals surface area contributed by atoms with Gasteiger partial charge in [0, 0.05) is 16.3 Å². The number of hydrogen-bond donors (Lipinski definition) is 2. The largest absolute Gasteiger partial charge is 0.477 e. The Kier molecular flexibility index (Phi) is 4.29. The second-order valence-electron chi connectivity index (χ2n) is 3.77. The predicted molar refractivity (Wildman–Crippen MR) is 76.6 cm³/mol. The van der Waals surface area contributed by atoms with Crippen molar-refractivity contribution < 1.29 is 9.90 Å². The van der Waals surface area contributed by atoms with Gasteiger partial charge in [0.25, 0.3) is 0 Å². The van der Waals surface area contributed by atoms with Crippen LogP contribution in [0.4, 0.5) is 5.69 Å². The molecule has 98 valence electrons. The molecule has 0 radical (unpaired) electrons. The van der Waals surface area contributed by atoms with Gasteiger partial charge in [0.1, 0.15) is 5.69 Å². The molecule has 0 fully saturated rings. The second kappa shape index (κ2) is 5.95. The van der Waals surface area contributed by atoms with Crippen LogP contribution in [0.2, 0.25) is 5.02 Å². The Morgan fingerprint density at radius 3 is 2.74 bits per heavy atom. The Balaban J connectivity index is 2.15. The van der Waals surface area contributed by atoms with E-state index in [0.717, 1.165) is 4.90 Å². The Morgan fingerprint density at radius 1 is 1.32 bits per heavy atom. The number of nitrogens with two attached hydrogens (primary N) is 1. The molecule has 2 rings (SSSR count). The number of thioether (sulfide) groups is 1. The number of anilines is 1. The van der Waals surface area contributed by atoms with Gasteiger partial charge in [0.15, 0.2) is 0 Å². The first-order valence-electron chi connectivity index (χ1n) is 5.44. The number of aromatic carboxylic acids is 1. The third-order valence-corrected chi connectivity index (χ3v) is 4.00. The molecule has 0 spiro atoms. The predicted octanol–water partition coefficient (Wildman–Crippen LogP) is 3.31. The van der Waals surface area contributed by atoms with Gasteiger partial charge >= 0.3 is 5.97 Å². The molecule has 6 heteroatoms. The van der Waals surface area contributed by atoms with Gasteiger partial charge in [-0.2, -0.15) is 0 Å². The maximum Gasteiger partial charge on any atom is 0.354 e. The molecule has 0 atom stereocenters. The van der Waals surface area contributed by atoms with E-state index in [2.05, 4.69) is 4.98 Å². The zero-order valence-corrected chi connectivity index (χ0v) is 11.4. The van der Waals surface area contributed by atoms with Crippen LogP contribution in [-0.4, -0.2) is 16.1 Å². The Hall–Kier alpha value is -1.72. The zero-order valence-electron chi connectivity index (χ0n) is 9.84. The summed E-state index contributed by atoms with van der Waals surface area (Å²) in [6, 6.07) is 10.2. The number of rotatable bonds is 4. The molecule has 0 bridgehead atoms. The SMILES string of the molecule is Nc1cccc(Cl)c1SCc1cccc(C(=O)O)n1. The maximum absolute atomic E-state index is 10.8. The minimum absolute atomic E-state index is 0.0326. The van der Waals surface area contributed by atoms with Gasteiger partial charge in [-0.25, -0.2) is 9.78 Å². The molecule has 3 N–H and O–H groups in total. The van der Waals surface area contributed by atoms with E-state index in [4.69, 9.17) is 22.4 Å². The Bertz CT molecular complexity index is 599. The normalized spacial score (nSPS) is 10.4. The van der Waals surface area contributed by atoms with Gasteiger partial charge in [-0.3, -0.25) is 0 Å². The van der Waals surface area contributed by atoms with Gasteiger partial charge in [0.2, 0.25) is 0 Å². The molecule has 1 heterocycles. The second-order valence-corrected chi connectivity index (χ2v) is 5.16. The van der Waals surface area contributed by atoms with Gasteiger partial charge in [0.05, 0.1) is 10.7 Å². The molecule has 0 aliphatic carbocycles. The van der Waals surface area contributed by atoms with E-state index in [9.17, 15) is 4.79 Å². The van der Waals surface area contributed by atoms with Crippen LogP contribution in [0.5, 0.6) is 0 Å². The highest BCUT2D eigenvalue weighted by molar-refractivity contribution is 7.98. The van der Waals surface area contributed by atoms with Gasteiger partial charge in [-0.1, -0.05) is 23.7 Å². The summed E-state index contributed by atoms with van der Waals surface area (Å²) in [4.78, 5) is 15.7. The van der Waals surface area contributed by atoms with E-state index in [1.165, 1.54) is 17.8 Å². The molecule has 2 aromatic rings. The first-order chi connectivity index (χ1) is 9.08. The Labute approximate surface area is 119 Å². The number of nitrogen functional groups attached to an aromatic ring is 1. The average Bonchev–Trinajstić information content (AvgIpc) is 2.38. The number of halogens is 1. The molecular formula is C13H11ClN2O2S. The molecular weight excluding hydrogens is 284 g/mol. The third kappa shape index (κ3) is 3.39. The number of pyridine rings is 1. The minimum atomic E-state index is -1.04. The average molecular weight is 295 g/mol. The first kappa shape index (κ1) is 13.7. The van der Waals surface area contributed by atoms with Crippen molar-refractivity contribution in [1.29, 1.82) is 0 Å². The molecule has 0 aliphatic heterocycles. The van der Waals surface area contributed by atoms with Crippen LogP contribution < -0.4 is 5.73 Å².